The minimum atomic E-state index is -1.59. The summed E-state index contributed by atoms with van der Waals surface area (Å²) < 4.78 is 0. The molecule has 0 heterocycles. The standard InChI is InChI=1S/C6H15NO5.C3H6O3/c7-1-3(9)5(11)6(12)4(10)2-8;1-2(4)3(5)6/h3-6,8-12H,1-2,7H2;2,4H,1H3,(H,5,6). The summed E-state index contributed by atoms with van der Waals surface area (Å²) in [5.74, 6) is -1.19. The second kappa shape index (κ2) is 10.1. The molecular weight excluding hydrogens is 250 g/mol. The first-order valence-corrected chi connectivity index (χ1v) is 5.13. The third-order valence-electron chi connectivity index (χ3n) is 1.92. The van der Waals surface area contributed by atoms with E-state index in [1.54, 1.807) is 0 Å². The van der Waals surface area contributed by atoms with Crippen molar-refractivity contribution in [3.63, 3.8) is 0 Å². The van der Waals surface area contributed by atoms with Gasteiger partial charge in [0.2, 0.25) is 0 Å². The summed E-state index contributed by atoms with van der Waals surface area (Å²) in [7, 11) is 0. The summed E-state index contributed by atoms with van der Waals surface area (Å²) in [6.07, 6.45) is -7.14. The van der Waals surface area contributed by atoms with Crippen LogP contribution in [0.15, 0.2) is 0 Å². The van der Waals surface area contributed by atoms with E-state index >= 15 is 0 Å². The minimum Gasteiger partial charge on any atom is -0.479 e. The van der Waals surface area contributed by atoms with Crippen molar-refractivity contribution in [2.45, 2.75) is 37.4 Å². The van der Waals surface area contributed by atoms with Crippen LogP contribution in [0.1, 0.15) is 6.92 Å². The van der Waals surface area contributed by atoms with Gasteiger partial charge in [-0.1, -0.05) is 0 Å². The largest absolute Gasteiger partial charge is 0.479 e. The van der Waals surface area contributed by atoms with Crippen molar-refractivity contribution in [2.75, 3.05) is 13.2 Å². The van der Waals surface area contributed by atoms with Crippen LogP contribution in [0.25, 0.3) is 0 Å². The Morgan fingerprint density at radius 1 is 1.06 bits per heavy atom. The number of nitrogens with two attached hydrogens (primary N) is 1. The molecule has 0 aliphatic rings. The molecule has 0 aromatic carbocycles. The van der Waals surface area contributed by atoms with Gasteiger partial charge in [-0.05, 0) is 6.92 Å². The lowest BCUT2D eigenvalue weighted by Crippen LogP contribution is -2.48. The lowest BCUT2D eigenvalue weighted by molar-refractivity contribution is -0.145. The zero-order valence-corrected chi connectivity index (χ0v) is 9.92. The number of hydrogen-bond donors (Lipinski definition) is 8. The quantitative estimate of drug-likeness (QED) is 0.237. The van der Waals surface area contributed by atoms with Crippen LogP contribution in [0.4, 0.5) is 0 Å². The van der Waals surface area contributed by atoms with E-state index in [-0.39, 0.29) is 6.54 Å². The van der Waals surface area contributed by atoms with Gasteiger partial charge in [0, 0.05) is 6.54 Å². The lowest BCUT2D eigenvalue weighted by atomic mass is 10.0. The van der Waals surface area contributed by atoms with Crippen LogP contribution in [-0.2, 0) is 4.79 Å². The highest BCUT2D eigenvalue weighted by atomic mass is 16.4. The fourth-order valence-corrected chi connectivity index (χ4v) is 0.703. The van der Waals surface area contributed by atoms with Crippen LogP contribution in [-0.4, -0.2) is 85.4 Å². The van der Waals surface area contributed by atoms with E-state index in [9.17, 15) is 4.79 Å². The topological polar surface area (TPSA) is 185 Å². The molecular formula is C9H21NO8. The Balaban J connectivity index is 0. The van der Waals surface area contributed by atoms with Crippen molar-refractivity contribution < 1.29 is 40.5 Å². The summed E-state index contributed by atoms with van der Waals surface area (Å²) in [5.41, 5.74) is 4.99. The molecule has 9 nitrogen and oxygen atoms in total. The second-order valence-electron chi connectivity index (χ2n) is 3.55. The summed E-state index contributed by atoms with van der Waals surface area (Å²) in [6, 6.07) is 0. The molecule has 0 radical (unpaired) electrons. The predicted octanol–water partition coefficient (Wildman–Crippen LogP) is -4.17. The first-order chi connectivity index (χ1) is 8.18. The summed E-state index contributed by atoms with van der Waals surface area (Å²) >= 11 is 0. The van der Waals surface area contributed by atoms with Gasteiger partial charge in [-0.25, -0.2) is 4.79 Å². The third-order valence-corrected chi connectivity index (χ3v) is 1.92. The van der Waals surface area contributed by atoms with Gasteiger partial charge < -0.3 is 41.5 Å². The molecule has 0 aromatic rings. The molecule has 0 saturated carbocycles. The smallest absolute Gasteiger partial charge is 0.332 e. The van der Waals surface area contributed by atoms with Crippen LogP contribution in [0.2, 0.25) is 0 Å². The summed E-state index contributed by atoms with van der Waals surface area (Å²) in [4.78, 5) is 9.45. The number of carboxylic acids is 1. The number of aliphatic hydroxyl groups excluding tert-OH is 6. The Morgan fingerprint density at radius 3 is 1.61 bits per heavy atom. The van der Waals surface area contributed by atoms with E-state index in [1.165, 1.54) is 6.92 Å². The molecule has 0 amide bonds. The van der Waals surface area contributed by atoms with Crippen molar-refractivity contribution >= 4 is 5.97 Å². The van der Waals surface area contributed by atoms with E-state index in [1.807, 2.05) is 0 Å². The summed E-state index contributed by atoms with van der Waals surface area (Å²) in [6.45, 7) is 0.286. The average Bonchev–Trinajstić information content (AvgIpc) is 2.35. The number of rotatable bonds is 6. The van der Waals surface area contributed by atoms with Crippen LogP contribution < -0.4 is 5.73 Å². The van der Waals surface area contributed by atoms with Gasteiger partial charge in [-0.3, -0.25) is 0 Å². The van der Waals surface area contributed by atoms with Gasteiger partial charge in [0.1, 0.15) is 24.4 Å². The van der Waals surface area contributed by atoms with Crippen molar-refractivity contribution in [2.24, 2.45) is 5.73 Å². The Bertz CT molecular complexity index is 211. The Kier molecular flexibility index (Phi) is 11.0. The number of aliphatic hydroxyl groups is 6. The zero-order valence-electron chi connectivity index (χ0n) is 9.92. The molecule has 5 unspecified atom stereocenters. The van der Waals surface area contributed by atoms with Gasteiger partial charge in [-0.2, -0.15) is 0 Å². The zero-order chi connectivity index (χ0) is 14.9. The fourth-order valence-electron chi connectivity index (χ4n) is 0.703. The van der Waals surface area contributed by atoms with Crippen LogP contribution in [0.3, 0.4) is 0 Å². The van der Waals surface area contributed by atoms with Gasteiger partial charge in [0.15, 0.2) is 0 Å². The molecule has 9 N–H and O–H groups in total. The molecule has 9 heteroatoms. The molecule has 0 rings (SSSR count). The van der Waals surface area contributed by atoms with Gasteiger partial charge >= 0.3 is 5.97 Å². The monoisotopic (exact) mass is 271 g/mol. The molecule has 18 heavy (non-hydrogen) atoms. The maximum Gasteiger partial charge on any atom is 0.332 e. The first-order valence-electron chi connectivity index (χ1n) is 5.13. The fraction of sp³-hybridized carbons (Fsp3) is 0.889. The van der Waals surface area contributed by atoms with E-state index in [0.29, 0.717) is 0 Å². The van der Waals surface area contributed by atoms with Crippen LogP contribution in [0.5, 0.6) is 0 Å². The minimum absolute atomic E-state index is 0.226. The molecule has 0 bridgehead atoms. The SMILES string of the molecule is CC(O)C(=O)O.NCC(O)C(O)C(O)C(O)CO. The molecule has 0 spiro atoms. The van der Waals surface area contributed by atoms with Crippen molar-refractivity contribution in [3.8, 4) is 0 Å². The third kappa shape index (κ3) is 8.31. The first kappa shape index (κ1) is 19.5. The van der Waals surface area contributed by atoms with Crippen molar-refractivity contribution in [1.29, 1.82) is 0 Å². The van der Waals surface area contributed by atoms with Gasteiger partial charge in [0.25, 0.3) is 0 Å². The van der Waals surface area contributed by atoms with Gasteiger partial charge in [0.05, 0.1) is 12.7 Å². The number of aliphatic carboxylic acids is 1. The van der Waals surface area contributed by atoms with Crippen LogP contribution >= 0.6 is 0 Å². The Morgan fingerprint density at radius 2 is 1.39 bits per heavy atom. The Hall–Kier alpha value is -0.810. The number of hydrogen-bond acceptors (Lipinski definition) is 8. The normalized spacial score (nSPS) is 18.9. The maximum atomic E-state index is 9.45. The molecule has 0 fully saturated rings. The van der Waals surface area contributed by atoms with E-state index < -0.39 is 43.1 Å². The van der Waals surface area contributed by atoms with Crippen molar-refractivity contribution in [3.05, 3.63) is 0 Å². The lowest BCUT2D eigenvalue weighted by Gasteiger charge is -2.24. The van der Waals surface area contributed by atoms with Crippen LogP contribution in [0, 0.1) is 0 Å². The van der Waals surface area contributed by atoms with Gasteiger partial charge in [-0.15, -0.1) is 0 Å². The predicted molar refractivity (Wildman–Crippen MR) is 59.5 cm³/mol. The van der Waals surface area contributed by atoms with E-state index in [2.05, 4.69) is 0 Å². The molecule has 0 aliphatic carbocycles. The number of carboxylic acid groups (broad SMARTS) is 1. The Labute approximate surface area is 104 Å². The molecule has 0 saturated heterocycles. The molecule has 5 atom stereocenters. The highest BCUT2D eigenvalue weighted by Gasteiger charge is 2.28. The molecule has 110 valence electrons. The van der Waals surface area contributed by atoms with E-state index in [4.69, 9.17) is 41.5 Å². The molecule has 0 aliphatic heterocycles. The molecule has 0 aromatic heterocycles. The highest BCUT2D eigenvalue weighted by molar-refractivity contribution is 5.71. The second-order valence-corrected chi connectivity index (χ2v) is 3.55. The van der Waals surface area contributed by atoms with Crippen molar-refractivity contribution in [1.82, 2.24) is 0 Å². The summed E-state index contributed by atoms with van der Waals surface area (Å²) in [5, 5.41) is 59.9. The van der Waals surface area contributed by atoms with E-state index in [0.717, 1.165) is 0 Å². The highest BCUT2D eigenvalue weighted by Crippen LogP contribution is 2.03. The maximum absolute atomic E-state index is 9.45. The average molecular weight is 271 g/mol. The number of carbonyl (C=O) groups is 1.